The van der Waals surface area contributed by atoms with Crippen molar-refractivity contribution in [3.63, 3.8) is 0 Å². The summed E-state index contributed by atoms with van der Waals surface area (Å²) in [7, 11) is 0. The summed E-state index contributed by atoms with van der Waals surface area (Å²) in [5.74, 6) is 0.183. The summed E-state index contributed by atoms with van der Waals surface area (Å²) in [6.07, 6.45) is 0.938. The highest BCUT2D eigenvalue weighted by molar-refractivity contribution is 6.45. The van der Waals surface area contributed by atoms with E-state index in [1.807, 2.05) is 31.2 Å². The van der Waals surface area contributed by atoms with Crippen LogP contribution in [0.15, 0.2) is 29.4 Å². The molecule has 1 heterocycles. The zero-order valence-electron chi connectivity index (χ0n) is 14.2. The standard InChI is InChI=1S/C17H17Cl3N4O2/c1-3-8-26-11-6-4-10(5-7-11)9(2)23-24-17(25)15-12(18)14(21)13(19)16(20)22-15/h4-7H,3,8H2,1-2H3,(H2,21,22)(H,24,25)/p+1/b23-9-. The molecule has 0 saturated heterocycles. The first-order valence-electron chi connectivity index (χ1n) is 7.78. The molecule has 0 radical (unpaired) electrons. The lowest BCUT2D eigenvalue weighted by molar-refractivity contribution is -0.379. The molecule has 0 aliphatic carbocycles. The number of nitrogens with two attached hydrogens (primary N) is 1. The molecular weight excluding hydrogens is 399 g/mol. The van der Waals surface area contributed by atoms with Crippen LogP contribution in [0.1, 0.15) is 36.3 Å². The van der Waals surface area contributed by atoms with Gasteiger partial charge in [-0.25, -0.2) is 5.43 Å². The number of benzene rings is 1. The molecule has 0 spiro atoms. The van der Waals surface area contributed by atoms with E-state index in [1.54, 1.807) is 6.92 Å². The largest absolute Gasteiger partial charge is 0.494 e. The molecule has 9 heteroatoms. The molecule has 0 aliphatic heterocycles. The Balaban J connectivity index is 2.12. The minimum Gasteiger partial charge on any atom is -0.494 e. The van der Waals surface area contributed by atoms with E-state index in [4.69, 9.17) is 45.3 Å². The molecule has 2 aromatic rings. The third-order valence-electron chi connectivity index (χ3n) is 3.42. The SMILES string of the molecule is CCCOc1ccc(/C(C)=N\NC(=O)c2[nH+]c(Cl)c(Cl)c(N)c2Cl)cc1. The van der Waals surface area contributed by atoms with Crippen molar-refractivity contribution >= 4 is 52.1 Å². The predicted molar refractivity (Wildman–Crippen MR) is 104 cm³/mol. The van der Waals surface area contributed by atoms with Gasteiger partial charge in [-0.2, -0.15) is 10.1 Å². The maximum atomic E-state index is 12.3. The quantitative estimate of drug-likeness (QED) is 0.424. The zero-order valence-corrected chi connectivity index (χ0v) is 16.5. The van der Waals surface area contributed by atoms with Gasteiger partial charge in [-0.1, -0.05) is 30.1 Å². The van der Waals surface area contributed by atoms with Gasteiger partial charge in [-0.3, -0.25) is 4.79 Å². The van der Waals surface area contributed by atoms with Crippen molar-refractivity contribution in [2.24, 2.45) is 5.10 Å². The highest BCUT2D eigenvalue weighted by Crippen LogP contribution is 2.31. The van der Waals surface area contributed by atoms with Crippen LogP contribution in [0.5, 0.6) is 5.75 Å². The Bertz CT molecular complexity index is 839. The second-order valence-corrected chi connectivity index (χ2v) is 6.50. The highest BCUT2D eigenvalue weighted by Gasteiger charge is 2.25. The molecule has 1 amide bonds. The second-order valence-electron chi connectivity index (χ2n) is 5.37. The lowest BCUT2D eigenvalue weighted by Crippen LogP contribution is -2.29. The molecule has 138 valence electrons. The first kappa shape index (κ1) is 20.3. The van der Waals surface area contributed by atoms with E-state index < -0.39 is 5.91 Å². The Morgan fingerprint density at radius 2 is 1.88 bits per heavy atom. The highest BCUT2D eigenvalue weighted by atomic mass is 35.5. The van der Waals surface area contributed by atoms with Crippen LogP contribution in [-0.2, 0) is 0 Å². The molecule has 0 fully saturated rings. The smallest absolute Gasteiger partial charge is 0.337 e. The van der Waals surface area contributed by atoms with Crippen LogP contribution in [0.4, 0.5) is 5.69 Å². The number of rotatable bonds is 6. The molecule has 26 heavy (non-hydrogen) atoms. The number of pyridine rings is 1. The number of H-pyrrole nitrogens is 1. The second kappa shape index (κ2) is 9.07. The molecule has 1 aromatic carbocycles. The summed E-state index contributed by atoms with van der Waals surface area (Å²) < 4.78 is 5.53. The van der Waals surface area contributed by atoms with E-state index in [0.29, 0.717) is 12.3 Å². The summed E-state index contributed by atoms with van der Waals surface area (Å²) in [6.45, 7) is 4.46. The number of halogens is 3. The maximum Gasteiger partial charge on any atom is 0.337 e. The van der Waals surface area contributed by atoms with Crippen LogP contribution >= 0.6 is 34.8 Å². The molecule has 0 saturated carbocycles. The number of ether oxygens (including phenoxy) is 1. The molecule has 4 N–H and O–H groups in total. The number of amides is 1. The fourth-order valence-corrected chi connectivity index (χ4v) is 2.61. The number of carbonyl (C=O) groups excluding carboxylic acids is 1. The number of nitrogens with one attached hydrogen (secondary N) is 2. The number of nitrogens with zero attached hydrogens (tertiary/aromatic N) is 1. The molecule has 0 bridgehead atoms. The van der Waals surface area contributed by atoms with E-state index in [9.17, 15) is 4.79 Å². The average molecular weight is 417 g/mol. The summed E-state index contributed by atoms with van der Waals surface area (Å²) in [5, 5.41) is 4.11. The summed E-state index contributed by atoms with van der Waals surface area (Å²) in [5.41, 5.74) is 9.55. The molecule has 0 unspecified atom stereocenters. The predicted octanol–water partition coefficient (Wildman–Crippen LogP) is 3.99. The minimum absolute atomic E-state index is 0.0158. The maximum absolute atomic E-state index is 12.3. The number of hydrogen-bond acceptors (Lipinski definition) is 4. The number of aromatic nitrogens is 1. The van der Waals surface area contributed by atoms with Gasteiger partial charge in [0.1, 0.15) is 15.8 Å². The normalized spacial score (nSPS) is 11.3. The molecular formula is C17H18Cl3N4O2+. The van der Waals surface area contributed by atoms with Crippen LogP contribution < -0.4 is 20.9 Å². The molecule has 0 atom stereocenters. The lowest BCUT2D eigenvalue weighted by Gasteiger charge is -2.06. The first-order chi connectivity index (χ1) is 12.3. The van der Waals surface area contributed by atoms with Gasteiger partial charge in [-0.15, -0.1) is 0 Å². The first-order valence-corrected chi connectivity index (χ1v) is 8.91. The minimum atomic E-state index is -0.595. The van der Waals surface area contributed by atoms with Gasteiger partial charge in [0.15, 0.2) is 0 Å². The zero-order chi connectivity index (χ0) is 19.3. The van der Waals surface area contributed by atoms with Gasteiger partial charge < -0.3 is 10.5 Å². The Hall–Kier alpha value is -2.02. The summed E-state index contributed by atoms with van der Waals surface area (Å²) in [6, 6.07) is 7.39. The van der Waals surface area contributed by atoms with Gasteiger partial charge >= 0.3 is 5.91 Å². The molecule has 1 aromatic heterocycles. The number of carbonyl (C=O) groups is 1. The Labute approximate surface area is 166 Å². The van der Waals surface area contributed by atoms with E-state index in [2.05, 4.69) is 15.5 Å². The summed E-state index contributed by atoms with van der Waals surface area (Å²) >= 11 is 17.8. The van der Waals surface area contributed by atoms with Crippen LogP contribution in [0, 0.1) is 0 Å². The van der Waals surface area contributed by atoms with Gasteiger partial charge in [0.25, 0.3) is 10.8 Å². The van der Waals surface area contributed by atoms with E-state index >= 15 is 0 Å². The number of hydrogen-bond donors (Lipinski definition) is 2. The number of nitrogen functional groups attached to an aromatic ring is 1. The van der Waals surface area contributed by atoms with Gasteiger partial charge in [0.2, 0.25) is 0 Å². The third kappa shape index (κ3) is 4.78. The average Bonchev–Trinajstić information content (AvgIpc) is 2.65. The summed E-state index contributed by atoms with van der Waals surface area (Å²) in [4.78, 5) is 14.9. The fraction of sp³-hybridized carbons (Fsp3) is 0.235. The van der Waals surface area contributed by atoms with Gasteiger partial charge in [-0.05, 0) is 54.8 Å². The van der Waals surface area contributed by atoms with Crippen molar-refractivity contribution in [3.05, 3.63) is 50.7 Å². The van der Waals surface area contributed by atoms with Gasteiger partial charge in [0, 0.05) is 0 Å². The topological polar surface area (TPSA) is 90.8 Å². The molecule has 6 nitrogen and oxygen atoms in total. The Morgan fingerprint density at radius 1 is 1.23 bits per heavy atom. The lowest BCUT2D eigenvalue weighted by atomic mass is 10.1. The number of aromatic amines is 1. The van der Waals surface area contributed by atoms with Crippen molar-refractivity contribution in [1.82, 2.24) is 5.43 Å². The Morgan fingerprint density at radius 3 is 2.50 bits per heavy atom. The van der Waals surface area contributed by atoms with Crippen molar-refractivity contribution in [2.45, 2.75) is 20.3 Å². The third-order valence-corrected chi connectivity index (χ3v) is 4.58. The monoisotopic (exact) mass is 415 g/mol. The number of hydrazone groups is 1. The van der Waals surface area contributed by atoms with Crippen LogP contribution in [-0.4, -0.2) is 18.2 Å². The van der Waals surface area contributed by atoms with Crippen molar-refractivity contribution in [2.75, 3.05) is 12.3 Å². The van der Waals surface area contributed by atoms with E-state index in [1.165, 1.54) is 0 Å². The van der Waals surface area contributed by atoms with Crippen LogP contribution in [0.2, 0.25) is 15.2 Å². The Kier molecular flexibility index (Phi) is 7.08. The molecule has 2 rings (SSSR count). The van der Waals surface area contributed by atoms with Crippen molar-refractivity contribution < 1.29 is 14.5 Å². The van der Waals surface area contributed by atoms with Crippen molar-refractivity contribution in [3.8, 4) is 5.75 Å². The van der Waals surface area contributed by atoms with E-state index in [0.717, 1.165) is 17.7 Å². The number of anilines is 1. The fourth-order valence-electron chi connectivity index (χ4n) is 1.99. The van der Waals surface area contributed by atoms with Crippen molar-refractivity contribution in [1.29, 1.82) is 0 Å². The van der Waals surface area contributed by atoms with Crippen LogP contribution in [0.3, 0.4) is 0 Å². The van der Waals surface area contributed by atoms with E-state index in [-0.39, 0.29) is 26.6 Å². The van der Waals surface area contributed by atoms with Crippen LogP contribution in [0.25, 0.3) is 0 Å². The van der Waals surface area contributed by atoms with Gasteiger partial charge in [0.05, 0.1) is 18.0 Å². The molecule has 0 aliphatic rings.